The molecule has 0 bridgehead atoms. The molecule has 0 saturated carbocycles. The quantitative estimate of drug-likeness (QED) is 0.762. The molecule has 98 valence electrons. The van der Waals surface area contributed by atoms with E-state index in [1.807, 2.05) is 0 Å². The molecule has 3 amide bonds. The highest BCUT2D eigenvalue weighted by atomic mass is 19.1. The zero-order valence-corrected chi connectivity index (χ0v) is 10.5. The minimum absolute atomic E-state index is 0.348. The second-order valence-corrected chi connectivity index (χ2v) is 3.85. The predicted octanol–water partition coefficient (Wildman–Crippen LogP) is 1.39. The van der Waals surface area contributed by atoms with Crippen LogP contribution < -0.4 is 16.0 Å². The number of rotatable bonds is 3. The highest BCUT2D eigenvalue weighted by Gasteiger charge is 2.16. The second-order valence-electron chi connectivity index (χ2n) is 3.85. The number of hydrogen-bond acceptors (Lipinski definition) is 3. The Hall–Kier alpha value is -2.11. The third kappa shape index (κ3) is 3.44. The Morgan fingerprint density at radius 3 is 2.61 bits per heavy atom. The zero-order valence-electron chi connectivity index (χ0n) is 10.5. The molecular formula is C12H16FN3O2. The van der Waals surface area contributed by atoms with Gasteiger partial charge in [-0.1, -0.05) is 6.07 Å². The van der Waals surface area contributed by atoms with Gasteiger partial charge in [-0.15, -0.1) is 0 Å². The molecule has 0 aromatic heterocycles. The molecule has 1 aromatic rings. The summed E-state index contributed by atoms with van der Waals surface area (Å²) in [6, 6.07) is 3.33. The van der Waals surface area contributed by atoms with Gasteiger partial charge in [0.25, 0.3) is 0 Å². The summed E-state index contributed by atoms with van der Waals surface area (Å²) < 4.78 is 13.3. The smallest absolute Gasteiger partial charge is 0.321 e. The fourth-order valence-corrected chi connectivity index (χ4v) is 1.35. The molecule has 1 atom stereocenters. The Balaban J connectivity index is 2.69. The van der Waals surface area contributed by atoms with E-state index in [9.17, 15) is 14.0 Å². The van der Waals surface area contributed by atoms with Crippen molar-refractivity contribution in [1.29, 1.82) is 0 Å². The fraction of sp³-hybridized carbons (Fsp3) is 0.333. The van der Waals surface area contributed by atoms with Crippen LogP contribution in [-0.2, 0) is 4.79 Å². The first-order valence-electron chi connectivity index (χ1n) is 5.50. The van der Waals surface area contributed by atoms with E-state index in [-0.39, 0.29) is 5.82 Å². The van der Waals surface area contributed by atoms with E-state index in [4.69, 9.17) is 0 Å². The molecule has 0 radical (unpaired) electrons. The number of anilines is 1. The van der Waals surface area contributed by atoms with E-state index in [1.54, 1.807) is 26.0 Å². The van der Waals surface area contributed by atoms with Crippen molar-refractivity contribution >= 4 is 17.6 Å². The van der Waals surface area contributed by atoms with Crippen LogP contribution in [0.3, 0.4) is 0 Å². The van der Waals surface area contributed by atoms with Crippen molar-refractivity contribution in [3.63, 3.8) is 0 Å². The van der Waals surface area contributed by atoms with Gasteiger partial charge >= 0.3 is 6.03 Å². The first-order chi connectivity index (χ1) is 8.45. The van der Waals surface area contributed by atoms with Crippen molar-refractivity contribution in [2.45, 2.75) is 19.9 Å². The summed E-state index contributed by atoms with van der Waals surface area (Å²) in [5, 5.41) is 7.26. The molecule has 18 heavy (non-hydrogen) atoms. The summed E-state index contributed by atoms with van der Waals surface area (Å²) in [4.78, 5) is 22.6. The molecule has 0 aliphatic heterocycles. The van der Waals surface area contributed by atoms with E-state index in [2.05, 4.69) is 16.0 Å². The van der Waals surface area contributed by atoms with E-state index in [1.165, 1.54) is 13.1 Å². The third-order valence-corrected chi connectivity index (χ3v) is 2.50. The molecule has 0 heterocycles. The molecule has 0 saturated heterocycles. The maximum atomic E-state index is 13.3. The Labute approximate surface area is 105 Å². The Morgan fingerprint density at radius 2 is 2.00 bits per heavy atom. The highest BCUT2D eigenvalue weighted by Crippen LogP contribution is 2.18. The number of hydrogen-bond donors (Lipinski definition) is 3. The Morgan fingerprint density at radius 1 is 1.33 bits per heavy atom. The summed E-state index contributed by atoms with van der Waals surface area (Å²) in [6.45, 7) is 3.20. The number of carbonyl (C=O) groups is 2. The zero-order chi connectivity index (χ0) is 13.7. The van der Waals surface area contributed by atoms with Gasteiger partial charge in [0.05, 0.1) is 0 Å². The van der Waals surface area contributed by atoms with Gasteiger partial charge in [-0.3, -0.25) is 10.1 Å². The third-order valence-electron chi connectivity index (χ3n) is 2.50. The van der Waals surface area contributed by atoms with Gasteiger partial charge in [0, 0.05) is 18.3 Å². The summed E-state index contributed by atoms with van der Waals surface area (Å²) in [5.74, 6) is -0.836. The number of benzene rings is 1. The van der Waals surface area contributed by atoms with Crippen LogP contribution >= 0.6 is 0 Å². The number of halogens is 1. The highest BCUT2D eigenvalue weighted by molar-refractivity contribution is 5.97. The molecule has 1 unspecified atom stereocenters. The molecule has 1 rings (SSSR count). The molecule has 5 nitrogen and oxygen atoms in total. The van der Waals surface area contributed by atoms with Crippen molar-refractivity contribution in [1.82, 2.24) is 10.6 Å². The number of amides is 3. The minimum Gasteiger partial charge on any atom is -0.374 e. The molecule has 3 N–H and O–H groups in total. The summed E-state index contributed by atoms with van der Waals surface area (Å²) >= 11 is 0. The van der Waals surface area contributed by atoms with E-state index >= 15 is 0 Å². The van der Waals surface area contributed by atoms with Crippen LogP contribution in [0.4, 0.5) is 14.9 Å². The fourth-order valence-electron chi connectivity index (χ4n) is 1.35. The van der Waals surface area contributed by atoms with Crippen LogP contribution in [0.1, 0.15) is 12.5 Å². The number of carbonyl (C=O) groups excluding carboxylic acids is 2. The van der Waals surface area contributed by atoms with E-state index < -0.39 is 18.0 Å². The molecule has 0 spiro atoms. The SMILES string of the molecule is CNC(=O)NC(=O)C(C)Nc1cccc(F)c1C. The van der Waals surface area contributed by atoms with Crippen molar-refractivity contribution in [3.05, 3.63) is 29.6 Å². The summed E-state index contributed by atoms with van der Waals surface area (Å²) in [6.07, 6.45) is 0. The lowest BCUT2D eigenvalue weighted by Crippen LogP contribution is -2.44. The second kappa shape index (κ2) is 6.00. The monoisotopic (exact) mass is 253 g/mol. The largest absolute Gasteiger partial charge is 0.374 e. The van der Waals surface area contributed by atoms with Gasteiger partial charge in [0.2, 0.25) is 5.91 Å². The average molecular weight is 253 g/mol. The number of imide groups is 1. The van der Waals surface area contributed by atoms with Crippen molar-refractivity contribution in [2.24, 2.45) is 0 Å². The maximum Gasteiger partial charge on any atom is 0.321 e. The van der Waals surface area contributed by atoms with Crippen LogP contribution in [0, 0.1) is 12.7 Å². The standard InChI is InChI=1S/C12H16FN3O2/c1-7-9(13)5-4-6-10(7)15-8(2)11(17)16-12(18)14-3/h4-6,8,15H,1-3H3,(H2,14,16,17,18). The van der Waals surface area contributed by atoms with Crippen LogP contribution in [-0.4, -0.2) is 25.0 Å². The molecule has 0 fully saturated rings. The number of nitrogens with one attached hydrogen (secondary N) is 3. The molecule has 6 heteroatoms. The van der Waals surface area contributed by atoms with Crippen molar-refractivity contribution < 1.29 is 14.0 Å². The lowest BCUT2D eigenvalue weighted by atomic mass is 10.1. The first-order valence-corrected chi connectivity index (χ1v) is 5.50. The normalized spacial score (nSPS) is 11.6. The Kier molecular flexibility index (Phi) is 4.65. The first kappa shape index (κ1) is 14.0. The van der Waals surface area contributed by atoms with Gasteiger partial charge in [0.1, 0.15) is 11.9 Å². The van der Waals surface area contributed by atoms with Gasteiger partial charge in [-0.2, -0.15) is 0 Å². The average Bonchev–Trinajstić information content (AvgIpc) is 2.34. The molecule has 0 aliphatic rings. The van der Waals surface area contributed by atoms with Gasteiger partial charge < -0.3 is 10.6 Å². The minimum atomic E-state index is -0.650. The van der Waals surface area contributed by atoms with Gasteiger partial charge in [-0.25, -0.2) is 9.18 Å². The lowest BCUT2D eigenvalue weighted by Gasteiger charge is -2.16. The Bertz CT molecular complexity index is 463. The van der Waals surface area contributed by atoms with Gasteiger partial charge in [-0.05, 0) is 26.0 Å². The predicted molar refractivity (Wildman–Crippen MR) is 66.8 cm³/mol. The van der Waals surface area contributed by atoms with E-state index in [0.29, 0.717) is 11.3 Å². The summed E-state index contributed by atoms with van der Waals surface area (Å²) in [5.41, 5.74) is 0.951. The molecular weight excluding hydrogens is 237 g/mol. The van der Waals surface area contributed by atoms with Crippen molar-refractivity contribution in [3.8, 4) is 0 Å². The topological polar surface area (TPSA) is 70.2 Å². The van der Waals surface area contributed by atoms with Crippen LogP contribution in [0.15, 0.2) is 18.2 Å². The van der Waals surface area contributed by atoms with Gasteiger partial charge in [0.15, 0.2) is 0 Å². The van der Waals surface area contributed by atoms with Crippen molar-refractivity contribution in [2.75, 3.05) is 12.4 Å². The lowest BCUT2D eigenvalue weighted by molar-refractivity contribution is -0.120. The number of urea groups is 1. The van der Waals surface area contributed by atoms with Crippen LogP contribution in [0.5, 0.6) is 0 Å². The van der Waals surface area contributed by atoms with Crippen LogP contribution in [0.2, 0.25) is 0 Å². The van der Waals surface area contributed by atoms with Crippen LogP contribution in [0.25, 0.3) is 0 Å². The maximum absolute atomic E-state index is 13.3. The summed E-state index contributed by atoms with van der Waals surface area (Å²) in [7, 11) is 1.41. The molecule has 0 aliphatic carbocycles. The van der Waals surface area contributed by atoms with E-state index in [0.717, 1.165) is 0 Å². The molecule has 1 aromatic carbocycles.